The number of amides is 1. The number of pyridine rings is 1. The molecule has 0 spiro atoms. The Hall–Kier alpha value is -3.35. The molecule has 2 aliphatic rings. The maximum absolute atomic E-state index is 13.1. The van der Waals surface area contributed by atoms with Gasteiger partial charge in [0.05, 0.1) is 0 Å². The highest BCUT2D eigenvalue weighted by Crippen LogP contribution is 2.36. The van der Waals surface area contributed by atoms with E-state index in [1.807, 2.05) is 24.3 Å². The summed E-state index contributed by atoms with van der Waals surface area (Å²) in [4.78, 5) is 31.1. The Morgan fingerprint density at radius 1 is 1.12 bits per heavy atom. The Morgan fingerprint density at radius 2 is 1.97 bits per heavy atom. The normalized spacial score (nSPS) is 19.8. The molecule has 2 atom stereocenters. The first-order chi connectivity index (χ1) is 16.2. The number of piperidine rings is 1. The van der Waals surface area contributed by atoms with Crippen LogP contribution in [0.1, 0.15) is 54.9 Å². The van der Waals surface area contributed by atoms with E-state index in [-0.39, 0.29) is 18.7 Å². The van der Waals surface area contributed by atoms with Crippen LogP contribution in [0.4, 0.5) is 4.79 Å². The molecule has 1 aliphatic carbocycles. The molecule has 1 amide bonds. The molecule has 0 saturated carbocycles. The molecular formula is C26H30N2O5. The zero-order chi connectivity index (χ0) is 23.0. The molecule has 1 aromatic carbocycles. The van der Waals surface area contributed by atoms with Crippen LogP contribution in [0.25, 0.3) is 0 Å². The number of rotatable bonds is 7. The topological polar surface area (TPSA) is 78.0 Å². The molecule has 174 valence electrons. The van der Waals surface area contributed by atoms with Crippen LogP contribution in [0.3, 0.4) is 0 Å². The van der Waals surface area contributed by atoms with Crippen LogP contribution in [-0.2, 0) is 27.3 Å². The van der Waals surface area contributed by atoms with E-state index in [9.17, 15) is 9.59 Å². The van der Waals surface area contributed by atoms with Gasteiger partial charge in [0.15, 0.2) is 0 Å². The van der Waals surface area contributed by atoms with Gasteiger partial charge in [0.25, 0.3) is 0 Å². The summed E-state index contributed by atoms with van der Waals surface area (Å²) in [6.07, 6.45) is 9.09. The van der Waals surface area contributed by atoms with E-state index in [4.69, 9.17) is 14.2 Å². The number of fused-ring (bicyclic) bond motifs is 1. The fraction of sp³-hybridized carbons (Fsp3) is 0.423. The fourth-order valence-electron chi connectivity index (χ4n) is 4.42. The molecule has 7 nitrogen and oxygen atoms in total. The predicted molar refractivity (Wildman–Crippen MR) is 123 cm³/mol. The highest BCUT2D eigenvalue weighted by atomic mass is 16.6. The predicted octanol–water partition coefficient (Wildman–Crippen LogP) is 4.76. The summed E-state index contributed by atoms with van der Waals surface area (Å²) in [5.74, 6) is 0.368. The summed E-state index contributed by atoms with van der Waals surface area (Å²) in [6, 6.07) is 9.20. The van der Waals surface area contributed by atoms with Gasteiger partial charge in [0.1, 0.15) is 31.1 Å². The highest BCUT2D eigenvalue weighted by Gasteiger charge is 2.36. The molecule has 0 unspecified atom stereocenters. The summed E-state index contributed by atoms with van der Waals surface area (Å²) in [5, 5.41) is 0. The van der Waals surface area contributed by atoms with Crippen LogP contribution in [0.15, 0.2) is 55.4 Å². The van der Waals surface area contributed by atoms with Gasteiger partial charge in [-0.3, -0.25) is 9.88 Å². The minimum absolute atomic E-state index is 0.120. The van der Waals surface area contributed by atoms with Crippen molar-refractivity contribution in [2.45, 2.75) is 57.3 Å². The number of ether oxygens (including phenoxy) is 3. The Balaban J connectivity index is 1.44. The van der Waals surface area contributed by atoms with Crippen LogP contribution in [0.2, 0.25) is 0 Å². The first-order valence-corrected chi connectivity index (χ1v) is 11.5. The number of carbonyl (C=O) groups excluding carboxylic acids is 2. The van der Waals surface area contributed by atoms with E-state index < -0.39 is 12.1 Å². The molecule has 4 rings (SSSR count). The van der Waals surface area contributed by atoms with Gasteiger partial charge in [-0.1, -0.05) is 18.7 Å². The summed E-state index contributed by atoms with van der Waals surface area (Å²) in [6.45, 7) is 4.62. The number of hydrogen-bond acceptors (Lipinski definition) is 6. The summed E-state index contributed by atoms with van der Waals surface area (Å²) >= 11 is 0. The SMILES string of the molecule is C=CCOC(=O)N1CCCC[C@H]1C(=O)O[C@H]1CCCc2ccc(OCc3ccncc3)cc21. The standard InChI is InChI=1S/C26H30N2O5/c1-2-16-31-26(30)28-15-4-3-7-23(28)25(29)33-24-8-5-6-20-9-10-21(17-22(20)24)32-18-19-11-13-27-14-12-19/h2,9-14,17,23-24H,1,3-8,15-16,18H2/t23-,24-/m0/s1. The number of carbonyl (C=O) groups is 2. The molecule has 2 heterocycles. The molecule has 1 fully saturated rings. The Bertz CT molecular complexity index is 978. The maximum Gasteiger partial charge on any atom is 0.410 e. The van der Waals surface area contributed by atoms with E-state index in [2.05, 4.69) is 17.6 Å². The Labute approximate surface area is 194 Å². The minimum Gasteiger partial charge on any atom is -0.489 e. The van der Waals surface area contributed by atoms with Crippen molar-refractivity contribution in [3.05, 3.63) is 72.1 Å². The lowest BCUT2D eigenvalue weighted by Crippen LogP contribution is -2.49. The van der Waals surface area contributed by atoms with Crippen molar-refractivity contribution in [3.63, 3.8) is 0 Å². The zero-order valence-electron chi connectivity index (χ0n) is 18.8. The van der Waals surface area contributed by atoms with Gasteiger partial charge >= 0.3 is 12.1 Å². The third-order valence-electron chi connectivity index (χ3n) is 6.12. The lowest BCUT2D eigenvalue weighted by atomic mass is 9.89. The molecule has 1 aliphatic heterocycles. The van der Waals surface area contributed by atoms with Crippen LogP contribution >= 0.6 is 0 Å². The average Bonchev–Trinajstić information content (AvgIpc) is 2.86. The molecule has 1 aromatic heterocycles. The van der Waals surface area contributed by atoms with Crippen LogP contribution < -0.4 is 4.74 Å². The molecule has 7 heteroatoms. The van der Waals surface area contributed by atoms with Gasteiger partial charge in [-0.15, -0.1) is 0 Å². The van der Waals surface area contributed by atoms with E-state index in [1.54, 1.807) is 12.4 Å². The number of aryl methyl sites for hydroxylation is 1. The quantitative estimate of drug-likeness (QED) is 0.447. The largest absolute Gasteiger partial charge is 0.489 e. The summed E-state index contributed by atoms with van der Waals surface area (Å²) in [7, 11) is 0. The minimum atomic E-state index is -0.618. The Kier molecular flexibility index (Phi) is 7.60. The first-order valence-electron chi connectivity index (χ1n) is 11.5. The lowest BCUT2D eigenvalue weighted by Gasteiger charge is -2.35. The van der Waals surface area contributed by atoms with Gasteiger partial charge in [-0.05, 0) is 79.5 Å². The van der Waals surface area contributed by atoms with Crippen LogP contribution in [0, 0.1) is 0 Å². The zero-order valence-corrected chi connectivity index (χ0v) is 18.8. The molecule has 0 N–H and O–H groups in total. The number of benzene rings is 1. The maximum atomic E-state index is 13.1. The lowest BCUT2D eigenvalue weighted by molar-refractivity contribution is -0.157. The van der Waals surface area contributed by atoms with E-state index in [0.29, 0.717) is 19.6 Å². The van der Waals surface area contributed by atoms with Gasteiger partial charge in [0, 0.05) is 18.9 Å². The number of nitrogens with zero attached hydrogens (tertiary/aromatic N) is 2. The Morgan fingerprint density at radius 3 is 2.79 bits per heavy atom. The fourth-order valence-corrected chi connectivity index (χ4v) is 4.42. The third-order valence-corrected chi connectivity index (χ3v) is 6.12. The highest BCUT2D eigenvalue weighted by molar-refractivity contribution is 5.82. The average molecular weight is 451 g/mol. The summed E-state index contributed by atoms with van der Waals surface area (Å²) < 4.78 is 17.1. The number of esters is 1. The van der Waals surface area contributed by atoms with Crippen molar-refractivity contribution in [1.82, 2.24) is 9.88 Å². The van der Waals surface area contributed by atoms with Gasteiger partial charge in [-0.2, -0.15) is 0 Å². The van der Waals surface area contributed by atoms with Crippen molar-refractivity contribution in [2.75, 3.05) is 13.2 Å². The number of hydrogen-bond donors (Lipinski definition) is 0. The van der Waals surface area contributed by atoms with Crippen LogP contribution in [0.5, 0.6) is 5.75 Å². The molecule has 2 aromatic rings. The van der Waals surface area contributed by atoms with E-state index >= 15 is 0 Å². The van der Waals surface area contributed by atoms with Gasteiger partial charge in [0.2, 0.25) is 0 Å². The second-order valence-electron chi connectivity index (χ2n) is 8.39. The smallest absolute Gasteiger partial charge is 0.410 e. The van der Waals surface area contributed by atoms with Crippen LogP contribution in [-0.4, -0.2) is 41.1 Å². The second kappa shape index (κ2) is 11.0. The van der Waals surface area contributed by atoms with Crippen molar-refractivity contribution in [3.8, 4) is 5.75 Å². The monoisotopic (exact) mass is 450 g/mol. The van der Waals surface area contributed by atoms with Crippen molar-refractivity contribution < 1.29 is 23.8 Å². The molecular weight excluding hydrogens is 420 g/mol. The molecule has 1 saturated heterocycles. The van der Waals surface area contributed by atoms with E-state index in [1.165, 1.54) is 16.5 Å². The van der Waals surface area contributed by atoms with Gasteiger partial charge < -0.3 is 14.2 Å². The first kappa shape index (κ1) is 22.8. The van der Waals surface area contributed by atoms with Crippen molar-refractivity contribution in [2.24, 2.45) is 0 Å². The van der Waals surface area contributed by atoms with E-state index in [0.717, 1.165) is 49.0 Å². The van der Waals surface area contributed by atoms with Gasteiger partial charge in [-0.25, -0.2) is 9.59 Å². The summed E-state index contributed by atoms with van der Waals surface area (Å²) in [5.41, 5.74) is 3.19. The number of aromatic nitrogens is 1. The third kappa shape index (κ3) is 5.72. The number of likely N-dealkylation sites (tertiary alicyclic amines) is 1. The molecule has 0 bridgehead atoms. The second-order valence-corrected chi connectivity index (χ2v) is 8.39. The molecule has 33 heavy (non-hydrogen) atoms. The molecule has 0 radical (unpaired) electrons. The van der Waals surface area contributed by atoms with Crippen molar-refractivity contribution >= 4 is 12.1 Å². The van der Waals surface area contributed by atoms with Crippen molar-refractivity contribution in [1.29, 1.82) is 0 Å².